The maximum Gasteiger partial charge on any atom is 0.356 e. The first kappa shape index (κ1) is 16.3. The largest absolute Gasteiger partial charge is 0.461 e. The van der Waals surface area contributed by atoms with Crippen molar-refractivity contribution in [1.29, 1.82) is 0 Å². The average Bonchev–Trinajstić information content (AvgIpc) is 2.46. The Morgan fingerprint density at radius 1 is 1.23 bits per heavy atom. The molecule has 6 radical (unpaired) electrons. The summed E-state index contributed by atoms with van der Waals surface area (Å²) in [6.45, 7) is 1.85. The second kappa shape index (κ2) is 6.34. The molecule has 0 aliphatic heterocycles. The van der Waals surface area contributed by atoms with Crippen LogP contribution in [-0.2, 0) is 9.85 Å². The van der Waals surface area contributed by atoms with E-state index < -0.39 is 16.9 Å². The van der Waals surface area contributed by atoms with Gasteiger partial charge < -0.3 is 4.74 Å². The number of hydrogen-bond acceptors (Lipinski definition) is 4. The van der Waals surface area contributed by atoms with Gasteiger partial charge in [-0.2, -0.15) is 0 Å². The number of halogens is 1. The predicted molar refractivity (Wildman–Crippen MR) is 82.3 cm³/mol. The highest BCUT2D eigenvalue weighted by Gasteiger charge is 2.19. The lowest BCUT2D eigenvalue weighted by Gasteiger charge is -2.21. The number of carbonyl (C=O) groups excluding carboxylic acids is 1. The Morgan fingerprint density at radius 2 is 1.95 bits per heavy atom. The van der Waals surface area contributed by atoms with Crippen molar-refractivity contribution in [2.45, 2.75) is 12.0 Å². The Balaban J connectivity index is 2.58. The lowest BCUT2D eigenvalue weighted by molar-refractivity contribution is 0.0519. The highest BCUT2D eigenvalue weighted by atomic mass is 19.1. The number of rotatable bonds is 4. The molecule has 0 fully saturated rings. The zero-order chi connectivity index (χ0) is 16.3. The summed E-state index contributed by atoms with van der Waals surface area (Å²) >= 11 is 0. The Bertz CT molecular complexity index is 705. The Hall–Kier alpha value is -2.11. The molecule has 2 aromatic rings. The summed E-state index contributed by atoms with van der Waals surface area (Å²) in [5, 5.41) is -1.75. The summed E-state index contributed by atoms with van der Waals surface area (Å²) in [7, 11) is 16.9. The number of carbonyl (C=O) groups is 1. The molecular formula is C14H10B3FN2O2. The SMILES string of the molecule is [B]C([B])([B])c1cc(-c2cncc(F)c2)cc(C(=O)OCC)n1. The fourth-order valence-corrected chi connectivity index (χ4v) is 1.80. The quantitative estimate of drug-likeness (QED) is 0.624. The lowest BCUT2D eigenvalue weighted by atomic mass is 9.41. The van der Waals surface area contributed by atoms with Gasteiger partial charge in [0.05, 0.1) is 36.3 Å². The second-order valence-corrected chi connectivity index (χ2v) is 4.67. The van der Waals surface area contributed by atoms with E-state index in [0.29, 0.717) is 11.1 Å². The van der Waals surface area contributed by atoms with E-state index in [1.807, 2.05) is 0 Å². The van der Waals surface area contributed by atoms with Crippen molar-refractivity contribution >= 4 is 29.5 Å². The first-order valence-electron chi connectivity index (χ1n) is 6.48. The molecule has 0 N–H and O–H groups in total. The molecule has 0 atom stereocenters. The summed E-state index contributed by atoms with van der Waals surface area (Å²) in [4.78, 5) is 19.6. The monoisotopic (exact) mass is 290 g/mol. The van der Waals surface area contributed by atoms with Gasteiger partial charge in [0.2, 0.25) is 0 Å². The van der Waals surface area contributed by atoms with Gasteiger partial charge in [-0.3, -0.25) is 4.98 Å². The van der Waals surface area contributed by atoms with Gasteiger partial charge >= 0.3 is 5.97 Å². The van der Waals surface area contributed by atoms with Crippen molar-refractivity contribution in [2.24, 2.45) is 0 Å². The molecule has 0 spiro atoms. The van der Waals surface area contributed by atoms with Crippen LogP contribution in [0.2, 0.25) is 0 Å². The molecule has 2 rings (SSSR count). The van der Waals surface area contributed by atoms with E-state index in [9.17, 15) is 9.18 Å². The highest BCUT2D eigenvalue weighted by molar-refractivity contribution is 6.58. The van der Waals surface area contributed by atoms with E-state index in [1.54, 1.807) is 6.92 Å². The topological polar surface area (TPSA) is 52.1 Å². The molecule has 0 amide bonds. The minimum absolute atomic E-state index is 0.0238. The third kappa shape index (κ3) is 3.75. The first-order chi connectivity index (χ1) is 10.3. The van der Waals surface area contributed by atoms with Crippen LogP contribution in [0.3, 0.4) is 0 Å². The number of aromatic nitrogens is 2. The third-order valence-electron chi connectivity index (χ3n) is 2.79. The van der Waals surface area contributed by atoms with Crippen molar-refractivity contribution in [3.05, 3.63) is 47.8 Å². The van der Waals surface area contributed by atoms with Gasteiger partial charge in [-0.1, -0.05) is 5.11 Å². The molecule has 0 aromatic carbocycles. The van der Waals surface area contributed by atoms with Crippen LogP contribution in [0.5, 0.6) is 0 Å². The molecule has 0 bridgehead atoms. The number of ether oxygens (including phenoxy) is 1. The molecule has 4 nitrogen and oxygen atoms in total. The number of pyridine rings is 2. The summed E-state index contributed by atoms with van der Waals surface area (Å²) in [5.74, 6) is -1.17. The minimum Gasteiger partial charge on any atom is -0.461 e. The first-order valence-corrected chi connectivity index (χ1v) is 6.48. The molecule has 104 valence electrons. The maximum absolute atomic E-state index is 13.3. The maximum atomic E-state index is 13.3. The molecule has 22 heavy (non-hydrogen) atoms. The fraction of sp³-hybridized carbons (Fsp3) is 0.214. The van der Waals surface area contributed by atoms with Crippen LogP contribution in [0.1, 0.15) is 23.1 Å². The molecule has 0 aliphatic rings. The summed E-state index contributed by atoms with van der Waals surface area (Å²) in [6.07, 6.45) is 2.50. The van der Waals surface area contributed by atoms with Crippen LogP contribution in [-0.4, -0.2) is 46.1 Å². The van der Waals surface area contributed by atoms with Gasteiger partial charge in [-0.25, -0.2) is 14.2 Å². The summed E-state index contributed by atoms with van der Waals surface area (Å²) in [6, 6.07) is 4.16. The van der Waals surface area contributed by atoms with E-state index in [-0.39, 0.29) is 18.0 Å². The van der Waals surface area contributed by atoms with Crippen LogP contribution in [0, 0.1) is 5.82 Å². The van der Waals surface area contributed by atoms with Crippen LogP contribution in [0.4, 0.5) is 4.39 Å². The van der Waals surface area contributed by atoms with Crippen LogP contribution in [0.15, 0.2) is 30.6 Å². The zero-order valence-electron chi connectivity index (χ0n) is 11.9. The van der Waals surface area contributed by atoms with Crippen molar-refractivity contribution < 1.29 is 13.9 Å². The van der Waals surface area contributed by atoms with E-state index in [0.717, 1.165) is 6.20 Å². The standard InChI is InChI=1S/C14H10B3FN2O2/c1-2-22-13(21)11-4-8(5-12(20-11)14(15,16)17)9-3-10(18)7-19-6-9/h3-7H,2H2,1H3. The van der Waals surface area contributed by atoms with Gasteiger partial charge in [0.25, 0.3) is 0 Å². The second-order valence-electron chi connectivity index (χ2n) is 4.67. The minimum atomic E-state index is -1.75. The lowest BCUT2D eigenvalue weighted by Crippen LogP contribution is -2.29. The highest BCUT2D eigenvalue weighted by Crippen LogP contribution is 2.24. The normalized spacial score (nSPS) is 11.2. The van der Waals surface area contributed by atoms with Crippen molar-refractivity contribution in [1.82, 2.24) is 9.97 Å². The molecular weight excluding hydrogens is 280 g/mol. The zero-order valence-corrected chi connectivity index (χ0v) is 11.9. The predicted octanol–water partition coefficient (Wildman–Crippen LogP) is 1.08. The van der Waals surface area contributed by atoms with Crippen molar-refractivity contribution in [2.75, 3.05) is 6.61 Å². The van der Waals surface area contributed by atoms with E-state index >= 15 is 0 Å². The molecule has 0 unspecified atom stereocenters. The molecule has 0 saturated heterocycles. The van der Waals surface area contributed by atoms with Crippen LogP contribution < -0.4 is 0 Å². The number of nitrogens with zero attached hydrogens (tertiary/aromatic N) is 2. The van der Waals surface area contributed by atoms with Gasteiger partial charge in [0.1, 0.15) is 11.5 Å². The Morgan fingerprint density at radius 3 is 2.55 bits per heavy atom. The van der Waals surface area contributed by atoms with E-state index in [1.165, 1.54) is 24.4 Å². The van der Waals surface area contributed by atoms with Gasteiger partial charge in [0.15, 0.2) is 0 Å². The summed E-state index contributed by atoms with van der Waals surface area (Å²) < 4.78 is 18.2. The molecule has 0 aliphatic carbocycles. The summed E-state index contributed by atoms with van der Waals surface area (Å²) in [5.41, 5.74) is 0.922. The van der Waals surface area contributed by atoms with Gasteiger partial charge in [-0.05, 0) is 30.7 Å². The smallest absolute Gasteiger partial charge is 0.356 e. The number of esters is 1. The van der Waals surface area contributed by atoms with Crippen molar-refractivity contribution in [3.8, 4) is 11.1 Å². The van der Waals surface area contributed by atoms with Gasteiger partial charge in [0, 0.05) is 17.5 Å². The Kier molecular flexibility index (Phi) is 4.69. The third-order valence-corrected chi connectivity index (χ3v) is 2.79. The van der Waals surface area contributed by atoms with Gasteiger partial charge in [-0.15, -0.1) is 0 Å². The number of hydrogen-bond donors (Lipinski definition) is 0. The van der Waals surface area contributed by atoms with Crippen LogP contribution in [0.25, 0.3) is 11.1 Å². The average molecular weight is 290 g/mol. The fourth-order valence-electron chi connectivity index (χ4n) is 1.80. The van der Waals surface area contributed by atoms with E-state index in [4.69, 9.17) is 28.3 Å². The van der Waals surface area contributed by atoms with Crippen molar-refractivity contribution in [3.63, 3.8) is 0 Å². The molecule has 2 heterocycles. The molecule has 0 saturated carbocycles. The Labute approximate surface area is 131 Å². The molecule has 8 heteroatoms. The molecule has 2 aromatic heterocycles. The van der Waals surface area contributed by atoms with Crippen LogP contribution >= 0.6 is 0 Å². The van der Waals surface area contributed by atoms with E-state index in [2.05, 4.69) is 9.97 Å².